The summed E-state index contributed by atoms with van der Waals surface area (Å²) in [5, 5.41) is 3.59. The Bertz CT molecular complexity index is 364. The predicted octanol–water partition coefficient (Wildman–Crippen LogP) is 1.65. The van der Waals surface area contributed by atoms with Crippen molar-refractivity contribution >= 4 is 5.71 Å². The molecule has 0 aromatic heterocycles. The summed E-state index contributed by atoms with van der Waals surface area (Å²) in [7, 11) is 0. The van der Waals surface area contributed by atoms with Crippen molar-refractivity contribution in [2.24, 2.45) is 10.4 Å². The largest absolute Gasteiger partial charge is 0.306 e. The third-order valence-electron chi connectivity index (χ3n) is 4.13. The molecule has 2 aliphatic heterocycles. The molecule has 1 saturated carbocycles. The molecule has 2 nitrogen and oxygen atoms in total. The monoisotopic (exact) mass is 174 g/mol. The van der Waals surface area contributed by atoms with Crippen LogP contribution in [0.1, 0.15) is 20.3 Å². The van der Waals surface area contributed by atoms with E-state index in [0.29, 0.717) is 0 Å². The van der Waals surface area contributed by atoms with Crippen LogP contribution in [0.2, 0.25) is 0 Å². The molecule has 0 amide bonds. The van der Waals surface area contributed by atoms with Crippen LogP contribution in [-0.2, 0) is 0 Å². The maximum Gasteiger partial charge on any atom is 0.0466 e. The van der Waals surface area contributed by atoms with Gasteiger partial charge in [-0.1, -0.05) is 6.08 Å². The second kappa shape index (κ2) is 1.95. The average Bonchev–Trinajstić information content (AvgIpc) is 2.25. The first-order valence-corrected chi connectivity index (χ1v) is 4.85. The minimum Gasteiger partial charge on any atom is -0.306 e. The van der Waals surface area contributed by atoms with E-state index in [4.69, 9.17) is 0 Å². The van der Waals surface area contributed by atoms with Crippen LogP contribution in [-0.4, -0.2) is 17.8 Å². The first kappa shape index (κ1) is 7.51. The van der Waals surface area contributed by atoms with Crippen LogP contribution in [0.4, 0.5) is 0 Å². The normalized spacial score (nSPS) is 46.0. The maximum absolute atomic E-state index is 4.49. The smallest absolute Gasteiger partial charge is 0.0466 e. The molecular weight excluding hydrogens is 160 g/mol. The SMILES string of the molecule is CC12CC3=NC=CC=C(CN1)C32C. The summed E-state index contributed by atoms with van der Waals surface area (Å²) in [6.07, 6.45) is 7.30. The fourth-order valence-corrected chi connectivity index (χ4v) is 2.84. The summed E-state index contributed by atoms with van der Waals surface area (Å²) in [4.78, 5) is 4.49. The van der Waals surface area contributed by atoms with Crippen molar-refractivity contribution < 1.29 is 0 Å². The van der Waals surface area contributed by atoms with Crippen molar-refractivity contribution in [1.82, 2.24) is 5.32 Å². The minimum absolute atomic E-state index is 0.205. The lowest BCUT2D eigenvalue weighted by molar-refractivity contribution is 0.233. The van der Waals surface area contributed by atoms with Gasteiger partial charge in [0.15, 0.2) is 0 Å². The van der Waals surface area contributed by atoms with Gasteiger partial charge >= 0.3 is 0 Å². The van der Waals surface area contributed by atoms with Crippen molar-refractivity contribution in [3.63, 3.8) is 0 Å². The molecule has 3 rings (SSSR count). The Morgan fingerprint density at radius 1 is 1.46 bits per heavy atom. The van der Waals surface area contributed by atoms with E-state index in [9.17, 15) is 0 Å². The lowest BCUT2D eigenvalue weighted by atomic mass is 9.54. The lowest BCUT2D eigenvalue weighted by Gasteiger charge is -2.52. The van der Waals surface area contributed by atoms with E-state index in [1.807, 2.05) is 6.20 Å². The molecule has 2 heterocycles. The van der Waals surface area contributed by atoms with Crippen LogP contribution >= 0.6 is 0 Å². The van der Waals surface area contributed by atoms with Gasteiger partial charge < -0.3 is 5.32 Å². The molecule has 2 atom stereocenters. The van der Waals surface area contributed by atoms with Crippen LogP contribution in [0.25, 0.3) is 0 Å². The van der Waals surface area contributed by atoms with Gasteiger partial charge in [-0.2, -0.15) is 0 Å². The molecule has 68 valence electrons. The second-order valence-corrected chi connectivity index (χ2v) is 4.60. The fraction of sp³-hybridized carbons (Fsp3) is 0.545. The highest BCUT2D eigenvalue weighted by molar-refractivity contribution is 6.03. The molecule has 0 bridgehead atoms. The summed E-state index contributed by atoms with van der Waals surface area (Å²) in [5.41, 5.74) is 3.31. The zero-order valence-electron chi connectivity index (χ0n) is 8.09. The van der Waals surface area contributed by atoms with Crippen LogP contribution in [0.5, 0.6) is 0 Å². The van der Waals surface area contributed by atoms with Gasteiger partial charge in [-0.05, 0) is 25.5 Å². The van der Waals surface area contributed by atoms with E-state index in [1.54, 1.807) is 0 Å². The maximum atomic E-state index is 4.49. The molecule has 3 aliphatic rings. The number of nitrogens with one attached hydrogen (secondary N) is 1. The molecule has 0 aromatic rings. The molecule has 2 heteroatoms. The number of nitrogens with zero attached hydrogens (tertiary/aromatic N) is 1. The van der Waals surface area contributed by atoms with E-state index in [0.717, 1.165) is 13.0 Å². The van der Waals surface area contributed by atoms with E-state index < -0.39 is 0 Å². The highest BCUT2D eigenvalue weighted by Crippen LogP contribution is 2.56. The van der Waals surface area contributed by atoms with Gasteiger partial charge in [0.1, 0.15) is 0 Å². The zero-order chi connectivity index (χ0) is 9.10. The number of hydrogen-bond acceptors (Lipinski definition) is 2. The molecule has 0 radical (unpaired) electrons. The molecule has 1 saturated heterocycles. The molecule has 0 spiro atoms. The van der Waals surface area contributed by atoms with Crippen molar-refractivity contribution in [1.29, 1.82) is 0 Å². The number of rotatable bonds is 0. The first-order chi connectivity index (χ1) is 6.17. The Kier molecular flexibility index (Phi) is 1.13. The molecule has 1 N–H and O–H groups in total. The Balaban J connectivity index is 2.22. The molecule has 2 fully saturated rings. The summed E-state index contributed by atoms with van der Waals surface area (Å²) in [6.45, 7) is 5.64. The van der Waals surface area contributed by atoms with Crippen LogP contribution in [0.3, 0.4) is 0 Å². The topological polar surface area (TPSA) is 24.4 Å². The fourth-order valence-electron chi connectivity index (χ4n) is 2.84. The van der Waals surface area contributed by atoms with Gasteiger partial charge in [-0.15, -0.1) is 0 Å². The van der Waals surface area contributed by atoms with Gasteiger partial charge in [0, 0.05) is 35.8 Å². The van der Waals surface area contributed by atoms with Gasteiger partial charge in [0.2, 0.25) is 0 Å². The van der Waals surface area contributed by atoms with Crippen molar-refractivity contribution in [2.75, 3.05) is 6.54 Å². The lowest BCUT2D eigenvalue weighted by Crippen LogP contribution is -2.63. The van der Waals surface area contributed by atoms with Crippen molar-refractivity contribution in [2.45, 2.75) is 25.8 Å². The van der Waals surface area contributed by atoms with Gasteiger partial charge in [-0.25, -0.2) is 0 Å². The van der Waals surface area contributed by atoms with Crippen molar-refractivity contribution in [3.8, 4) is 0 Å². The second-order valence-electron chi connectivity index (χ2n) is 4.60. The Morgan fingerprint density at radius 3 is 3.15 bits per heavy atom. The standard InChI is InChI=1S/C11H14N2/c1-10-6-9-11(10,2)8(7-13-10)4-3-5-12-9/h3-5,13H,6-7H2,1-2H3. The van der Waals surface area contributed by atoms with E-state index in [-0.39, 0.29) is 11.0 Å². The predicted molar refractivity (Wildman–Crippen MR) is 53.8 cm³/mol. The number of allylic oxidation sites excluding steroid dienone is 2. The molecule has 2 unspecified atom stereocenters. The molecule has 13 heavy (non-hydrogen) atoms. The highest BCUT2D eigenvalue weighted by atomic mass is 15.1. The molecule has 1 aliphatic carbocycles. The van der Waals surface area contributed by atoms with E-state index in [1.165, 1.54) is 11.3 Å². The Labute approximate surface area is 78.4 Å². The van der Waals surface area contributed by atoms with Gasteiger partial charge in [0.25, 0.3) is 0 Å². The quantitative estimate of drug-likeness (QED) is 0.593. The Morgan fingerprint density at radius 2 is 2.31 bits per heavy atom. The summed E-state index contributed by atoms with van der Waals surface area (Å²) < 4.78 is 0. The third kappa shape index (κ3) is 0.635. The number of hydrogen-bond donors (Lipinski definition) is 1. The van der Waals surface area contributed by atoms with Gasteiger partial charge in [-0.3, -0.25) is 4.99 Å². The Hall–Kier alpha value is -0.890. The van der Waals surface area contributed by atoms with Crippen molar-refractivity contribution in [3.05, 3.63) is 23.9 Å². The van der Waals surface area contributed by atoms with Crippen LogP contribution in [0.15, 0.2) is 28.9 Å². The number of aliphatic imine (C=N–C) groups is 1. The zero-order valence-corrected chi connectivity index (χ0v) is 8.09. The summed E-state index contributed by atoms with van der Waals surface area (Å²) in [5.74, 6) is 0. The third-order valence-corrected chi connectivity index (χ3v) is 4.13. The minimum atomic E-state index is 0.205. The summed E-state index contributed by atoms with van der Waals surface area (Å²) in [6, 6.07) is 0. The first-order valence-electron chi connectivity index (χ1n) is 4.85. The molecule has 0 aromatic carbocycles. The van der Waals surface area contributed by atoms with Crippen LogP contribution < -0.4 is 5.32 Å². The van der Waals surface area contributed by atoms with Crippen LogP contribution in [0, 0.1) is 5.41 Å². The summed E-state index contributed by atoms with van der Waals surface area (Å²) >= 11 is 0. The van der Waals surface area contributed by atoms with E-state index in [2.05, 4.69) is 36.3 Å². The molecular formula is C11H14N2. The average molecular weight is 174 g/mol. The van der Waals surface area contributed by atoms with Gasteiger partial charge in [0.05, 0.1) is 0 Å². The van der Waals surface area contributed by atoms with E-state index >= 15 is 0 Å². The highest BCUT2D eigenvalue weighted by Gasteiger charge is 2.63.